The second-order valence-corrected chi connectivity index (χ2v) is 7.80. The van der Waals surface area contributed by atoms with Crippen molar-refractivity contribution in [2.24, 2.45) is 0 Å². The minimum absolute atomic E-state index is 0.226. The van der Waals surface area contributed by atoms with Crippen LogP contribution >= 0.6 is 0 Å². The van der Waals surface area contributed by atoms with E-state index in [2.05, 4.69) is 26.9 Å². The molecule has 0 radical (unpaired) electrons. The van der Waals surface area contributed by atoms with Gasteiger partial charge in [0.1, 0.15) is 12.4 Å². The predicted molar refractivity (Wildman–Crippen MR) is 114 cm³/mol. The molecule has 1 amide bonds. The largest absolute Gasteiger partial charge is 0.487 e. The molecule has 0 unspecified atom stereocenters. The van der Waals surface area contributed by atoms with Crippen molar-refractivity contribution >= 4 is 5.91 Å². The summed E-state index contributed by atoms with van der Waals surface area (Å²) in [5.74, 6) is 1.09. The first-order chi connectivity index (χ1) is 14.8. The molecule has 2 fully saturated rings. The highest BCUT2D eigenvalue weighted by Gasteiger charge is 2.23. The van der Waals surface area contributed by atoms with E-state index in [0.717, 1.165) is 57.3 Å². The molecule has 0 saturated carbocycles. The molecule has 7 heteroatoms. The van der Waals surface area contributed by atoms with E-state index in [1.807, 2.05) is 35.2 Å². The molecule has 2 aliphatic heterocycles. The first kappa shape index (κ1) is 20.8. The van der Waals surface area contributed by atoms with E-state index in [0.29, 0.717) is 26.4 Å². The molecule has 0 atom stereocenters. The average Bonchev–Trinajstić information content (AvgIpc) is 2.80. The van der Waals surface area contributed by atoms with Gasteiger partial charge in [-0.3, -0.25) is 19.6 Å². The van der Waals surface area contributed by atoms with Crippen molar-refractivity contribution in [2.75, 3.05) is 59.0 Å². The summed E-state index contributed by atoms with van der Waals surface area (Å²) >= 11 is 0. The van der Waals surface area contributed by atoms with Crippen molar-refractivity contribution < 1.29 is 14.3 Å². The van der Waals surface area contributed by atoms with Crippen LogP contribution < -0.4 is 4.74 Å². The fourth-order valence-electron chi connectivity index (χ4n) is 3.84. The summed E-state index contributed by atoms with van der Waals surface area (Å²) in [6, 6.07) is 14.1. The first-order valence-corrected chi connectivity index (χ1v) is 10.7. The predicted octanol–water partition coefficient (Wildman–Crippen LogP) is 1.64. The van der Waals surface area contributed by atoms with Gasteiger partial charge >= 0.3 is 0 Å². The summed E-state index contributed by atoms with van der Waals surface area (Å²) in [6.45, 7) is 8.42. The summed E-state index contributed by atoms with van der Waals surface area (Å²) < 4.78 is 11.2. The van der Waals surface area contributed by atoms with Crippen LogP contribution in [0.25, 0.3) is 0 Å². The zero-order valence-corrected chi connectivity index (χ0v) is 17.4. The van der Waals surface area contributed by atoms with Crippen LogP contribution in [0, 0.1) is 0 Å². The first-order valence-electron chi connectivity index (χ1n) is 10.7. The van der Waals surface area contributed by atoms with Crippen molar-refractivity contribution in [1.29, 1.82) is 0 Å². The normalized spacial score (nSPS) is 18.3. The number of amides is 1. The molecular weight excluding hydrogens is 380 g/mol. The number of benzene rings is 1. The molecule has 1 aromatic heterocycles. The van der Waals surface area contributed by atoms with E-state index < -0.39 is 0 Å². The molecule has 1 aromatic carbocycles. The van der Waals surface area contributed by atoms with Crippen molar-refractivity contribution in [3.05, 3.63) is 59.9 Å². The van der Waals surface area contributed by atoms with Gasteiger partial charge in [-0.15, -0.1) is 0 Å². The molecule has 7 nitrogen and oxygen atoms in total. The Kier molecular flexibility index (Phi) is 7.29. The van der Waals surface area contributed by atoms with Crippen LogP contribution in [0.2, 0.25) is 0 Å². The second kappa shape index (κ2) is 10.5. The number of morpholine rings is 1. The molecule has 0 aliphatic carbocycles. The van der Waals surface area contributed by atoms with Gasteiger partial charge in [-0.2, -0.15) is 0 Å². The fraction of sp³-hybridized carbons (Fsp3) is 0.478. The number of carbonyl (C=O) groups is 1. The van der Waals surface area contributed by atoms with E-state index in [9.17, 15) is 4.79 Å². The Balaban J connectivity index is 1.21. The van der Waals surface area contributed by atoms with Gasteiger partial charge in [0.15, 0.2) is 0 Å². The maximum atomic E-state index is 12.4. The van der Waals surface area contributed by atoms with Gasteiger partial charge in [0.25, 0.3) is 0 Å². The maximum absolute atomic E-state index is 12.4. The molecular formula is C23H30N4O3. The number of ether oxygens (including phenoxy) is 2. The van der Waals surface area contributed by atoms with Gasteiger partial charge in [0, 0.05) is 52.0 Å². The highest BCUT2D eigenvalue weighted by atomic mass is 16.5. The third-order valence-corrected chi connectivity index (χ3v) is 5.61. The van der Waals surface area contributed by atoms with Gasteiger partial charge in [0.05, 0.1) is 25.5 Å². The van der Waals surface area contributed by atoms with Crippen LogP contribution in [-0.2, 0) is 22.7 Å². The van der Waals surface area contributed by atoms with E-state index in [1.165, 1.54) is 5.56 Å². The van der Waals surface area contributed by atoms with Gasteiger partial charge in [-0.25, -0.2) is 0 Å². The number of aromatic nitrogens is 1. The topological polar surface area (TPSA) is 58.1 Å². The van der Waals surface area contributed by atoms with Crippen molar-refractivity contribution in [1.82, 2.24) is 19.7 Å². The quantitative estimate of drug-likeness (QED) is 0.692. The van der Waals surface area contributed by atoms with Crippen LogP contribution in [0.4, 0.5) is 0 Å². The summed E-state index contributed by atoms with van der Waals surface area (Å²) in [7, 11) is 0. The van der Waals surface area contributed by atoms with E-state index >= 15 is 0 Å². The third-order valence-electron chi connectivity index (χ3n) is 5.61. The summed E-state index contributed by atoms with van der Waals surface area (Å²) in [4.78, 5) is 23.4. The Hall–Kier alpha value is -2.48. The molecule has 30 heavy (non-hydrogen) atoms. The Morgan fingerprint density at radius 3 is 2.53 bits per heavy atom. The number of hydrogen-bond donors (Lipinski definition) is 0. The number of hydrogen-bond acceptors (Lipinski definition) is 6. The van der Waals surface area contributed by atoms with Gasteiger partial charge < -0.3 is 14.4 Å². The van der Waals surface area contributed by atoms with Crippen LogP contribution in [-0.4, -0.2) is 84.6 Å². The van der Waals surface area contributed by atoms with Crippen LogP contribution in [0.5, 0.6) is 5.75 Å². The Morgan fingerprint density at radius 2 is 1.77 bits per heavy atom. The molecule has 3 heterocycles. The van der Waals surface area contributed by atoms with Crippen molar-refractivity contribution in [3.8, 4) is 5.75 Å². The average molecular weight is 411 g/mol. The van der Waals surface area contributed by atoms with E-state index in [-0.39, 0.29) is 5.91 Å². The Labute approximate surface area is 178 Å². The SMILES string of the molecule is O=C(CN1CCN(Cc2cccc(OCc3ccccn3)c2)CC1)N1CCOCC1. The molecule has 4 rings (SSSR count). The van der Waals surface area contributed by atoms with Crippen molar-refractivity contribution in [3.63, 3.8) is 0 Å². The highest BCUT2D eigenvalue weighted by Crippen LogP contribution is 2.17. The molecule has 2 aromatic rings. The van der Waals surface area contributed by atoms with Gasteiger partial charge in [-0.05, 0) is 29.8 Å². The van der Waals surface area contributed by atoms with Gasteiger partial charge in [0.2, 0.25) is 5.91 Å². The Morgan fingerprint density at radius 1 is 0.967 bits per heavy atom. The second-order valence-electron chi connectivity index (χ2n) is 7.80. The fourth-order valence-corrected chi connectivity index (χ4v) is 3.84. The third kappa shape index (κ3) is 6.01. The van der Waals surface area contributed by atoms with Crippen LogP contribution in [0.1, 0.15) is 11.3 Å². The molecule has 2 aliphatic rings. The lowest BCUT2D eigenvalue weighted by Gasteiger charge is -2.36. The minimum Gasteiger partial charge on any atom is -0.487 e. The number of nitrogens with zero attached hydrogens (tertiary/aromatic N) is 4. The summed E-state index contributed by atoms with van der Waals surface area (Å²) in [5.41, 5.74) is 2.16. The molecule has 2 saturated heterocycles. The summed E-state index contributed by atoms with van der Waals surface area (Å²) in [6.07, 6.45) is 1.78. The number of rotatable bonds is 7. The minimum atomic E-state index is 0.226. The number of pyridine rings is 1. The van der Waals surface area contributed by atoms with E-state index in [4.69, 9.17) is 9.47 Å². The van der Waals surface area contributed by atoms with Gasteiger partial charge in [-0.1, -0.05) is 18.2 Å². The molecule has 0 spiro atoms. The molecule has 0 bridgehead atoms. The lowest BCUT2D eigenvalue weighted by molar-refractivity contribution is -0.136. The van der Waals surface area contributed by atoms with E-state index in [1.54, 1.807) is 6.20 Å². The zero-order valence-electron chi connectivity index (χ0n) is 17.4. The lowest BCUT2D eigenvalue weighted by Crippen LogP contribution is -2.51. The molecule has 160 valence electrons. The Bertz CT molecular complexity index is 803. The maximum Gasteiger partial charge on any atom is 0.236 e. The summed E-state index contributed by atoms with van der Waals surface area (Å²) in [5, 5.41) is 0. The number of piperazine rings is 1. The lowest BCUT2D eigenvalue weighted by atomic mass is 10.2. The highest BCUT2D eigenvalue weighted by molar-refractivity contribution is 5.78. The van der Waals surface area contributed by atoms with Crippen LogP contribution in [0.15, 0.2) is 48.7 Å². The van der Waals surface area contributed by atoms with Crippen molar-refractivity contribution in [2.45, 2.75) is 13.2 Å². The smallest absolute Gasteiger partial charge is 0.236 e. The molecule has 0 N–H and O–H groups in total. The monoisotopic (exact) mass is 410 g/mol. The van der Waals surface area contributed by atoms with Crippen LogP contribution in [0.3, 0.4) is 0 Å². The number of carbonyl (C=O) groups excluding carboxylic acids is 1. The zero-order chi connectivity index (χ0) is 20.6. The standard InChI is InChI=1S/C23H30N4O3/c28-23(27-12-14-29-15-13-27)18-26-10-8-25(9-11-26)17-20-4-3-6-22(16-20)30-19-21-5-1-2-7-24-21/h1-7,16H,8-15,17-19H2.